The van der Waals surface area contributed by atoms with Gasteiger partial charge in [-0.3, -0.25) is 0 Å². The van der Waals surface area contributed by atoms with Gasteiger partial charge in [-0.2, -0.15) is 0 Å². The molecule has 20 heavy (non-hydrogen) atoms. The van der Waals surface area contributed by atoms with Gasteiger partial charge in [0, 0.05) is 6.54 Å². The van der Waals surface area contributed by atoms with Crippen LogP contribution in [0.1, 0.15) is 34.2 Å². The van der Waals surface area contributed by atoms with E-state index in [1.54, 1.807) is 0 Å². The summed E-state index contributed by atoms with van der Waals surface area (Å²) in [5.41, 5.74) is 10.3. The Kier molecular flexibility index (Phi) is 7.18. The summed E-state index contributed by atoms with van der Waals surface area (Å²) in [7, 11) is -3.46. The summed E-state index contributed by atoms with van der Waals surface area (Å²) in [6.45, 7) is 10.6. The highest BCUT2D eigenvalue weighted by molar-refractivity contribution is 7.89. The molecule has 0 fully saturated rings. The third-order valence-electron chi connectivity index (χ3n) is 3.87. The lowest BCUT2D eigenvalue weighted by atomic mass is 9.95. The lowest BCUT2D eigenvalue weighted by molar-refractivity contribution is 0.578. The minimum absolute atomic E-state index is 0. The number of hydrogen-bond acceptors (Lipinski definition) is 3. The molecule has 0 atom stereocenters. The second-order valence-electron chi connectivity index (χ2n) is 4.99. The first-order valence-electron chi connectivity index (χ1n) is 6.50. The molecule has 1 aromatic rings. The fourth-order valence-corrected chi connectivity index (χ4v) is 3.92. The van der Waals surface area contributed by atoms with Gasteiger partial charge in [0.25, 0.3) is 0 Å². The van der Waals surface area contributed by atoms with Crippen LogP contribution < -0.4 is 10.5 Å². The van der Waals surface area contributed by atoms with Gasteiger partial charge in [0.15, 0.2) is 0 Å². The highest BCUT2D eigenvalue weighted by atomic mass is 35.5. The van der Waals surface area contributed by atoms with Gasteiger partial charge in [0.1, 0.15) is 0 Å². The van der Waals surface area contributed by atoms with Crippen molar-refractivity contribution in [1.82, 2.24) is 4.72 Å². The number of benzene rings is 1. The monoisotopic (exact) mass is 320 g/mol. The topological polar surface area (TPSA) is 72.2 Å². The van der Waals surface area contributed by atoms with E-state index in [0.717, 1.165) is 27.8 Å². The van der Waals surface area contributed by atoms with Gasteiger partial charge in [0.05, 0.1) is 4.90 Å². The van der Waals surface area contributed by atoms with Gasteiger partial charge in [-0.25, -0.2) is 13.1 Å². The van der Waals surface area contributed by atoms with E-state index < -0.39 is 10.0 Å². The van der Waals surface area contributed by atoms with Crippen LogP contribution in [-0.2, 0) is 10.0 Å². The summed E-state index contributed by atoms with van der Waals surface area (Å²) < 4.78 is 27.4. The van der Waals surface area contributed by atoms with Gasteiger partial charge < -0.3 is 5.73 Å². The minimum atomic E-state index is -3.46. The largest absolute Gasteiger partial charge is 0.330 e. The van der Waals surface area contributed by atoms with Crippen LogP contribution >= 0.6 is 12.4 Å². The molecule has 3 N–H and O–H groups in total. The van der Waals surface area contributed by atoms with Gasteiger partial charge >= 0.3 is 0 Å². The van der Waals surface area contributed by atoms with Gasteiger partial charge in [0.2, 0.25) is 10.0 Å². The molecule has 0 spiro atoms. The molecule has 0 saturated carbocycles. The molecule has 116 valence electrons. The van der Waals surface area contributed by atoms with Gasteiger partial charge in [-0.1, -0.05) is 0 Å². The quantitative estimate of drug-likeness (QED) is 0.817. The molecular formula is C14H25ClN2O2S. The zero-order valence-electron chi connectivity index (χ0n) is 12.8. The molecule has 0 aliphatic heterocycles. The van der Waals surface area contributed by atoms with Crippen molar-refractivity contribution in [2.75, 3.05) is 13.1 Å². The van der Waals surface area contributed by atoms with Crippen LogP contribution in [0.2, 0.25) is 0 Å². The summed E-state index contributed by atoms with van der Waals surface area (Å²) in [6, 6.07) is 0. The lowest BCUT2D eigenvalue weighted by Gasteiger charge is -2.19. The molecule has 0 radical (unpaired) electrons. The molecule has 0 aliphatic carbocycles. The minimum Gasteiger partial charge on any atom is -0.330 e. The predicted molar refractivity (Wildman–Crippen MR) is 86.2 cm³/mol. The normalized spacial score (nSPS) is 11.3. The average molecular weight is 321 g/mol. The Morgan fingerprint density at radius 1 is 0.900 bits per heavy atom. The summed E-state index contributed by atoms with van der Waals surface area (Å²) >= 11 is 0. The van der Waals surface area contributed by atoms with Crippen molar-refractivity contribution in [2.45, 2.75) is 45.9 Å². The number of nitrogens with one attached hydrogen (secondary N) is 1. The van der Waals surface area contributed by atoms with E-state index in [1.807, 2.05) is 34.6 Å². The summed E-state index contributed by atoms with van der Waals surface area (Å²) in [5.74, 6) is 0. The maximum Gasteiger partial charge on any atom is 0.241 e. The number of sulfonamides is 1. The average Bonchev–Trinajstić information content (AvgIpc) is 2.34. The van der Waals surface area contributed by atoms with E-state index in [4.69, 9.17) is 5.73 Å². The van der Waals surface area contributed by atoms with Crippen molar-refractivity contribution in [2.24, 2.45) is 5.73 Å². The van der Waals surface area contributed by atoms with Crippen LogP contribution in [0.15, 0.2) is 4.90 Å². The van der Waals surface area contributed by atoms with Crippen molar-refractivity contribution in [3.63, 3.8) is 0 Å². The lowest BCUT2D eigenvalue weighted by Crippen LogP contribution is -2.28. The van der Waals surface area contributed by atoms with Crippen molar-refractivity contribution < 1.29 is 8.42 Å². The number of rotatable bonds is 5. The molecule has 1 aromatic carbocycles. The molecule has 0 heterocycles. The number of hydrogen-bond donors (Lipinski definition) is 2. The maximum atomic E-state index is 12.4. The van der Waals surface area contributed by atoms with Crippen LogP contribution in [-0.4, -0.2) is 21.5 Å². The Morgan fingerprint density at radius 2 is 1.30 bits per heavy atom. The van der Waals surface area contributed by atoms with E-state index in [-0.39, 0.29) is 12.4 Å². The zero-order valence-corrected chi connectivity index (χ0v) is 14.5. The SMILES string of the molecule is Cc1c(C)c(C)c(S(=O)(=O)NCCCN)c(C)c1C.Cl. The number of nitrogens with two attached hydrogens (primary N) is 1. The molecule has 4 nitrogen and oxygen atoms in total. The Bertz CT molecular complexity index is 554. The van der Waals surface area contributed by atoms with Crippen LogP contribution in [0, 0.1) is 34.6 Å². The first kappa shape index (κ1) is 19.4. The van der Waals surface area contributed by atoms with Crippen LogP contribution in [0.3, 0.4) is 0 Å². The molecular weight excluding hydrogens is 296 g/mol. The highest BCUT2D eigenvalue weighted by Crippen LogP contribution is 2.29. The van der Waals surface area contributed by atoms with Crippen LogP contribution in [0.5, 0.6) is 0 Å². The summed E-state index contributed by atoms with van der Waals surface area (Å²) in [6.07, 6.45) is 0.640. The fourth-order valence-electron chi connectivity index (χ4n) is 2.25. The van der Waals surface area contributed by atoms with E-state index in [2.05, 4.69) is 4.72 Å². The van der Waals surface area contributed by atoms with Crippen molar-refractivity contribution in [1.29, 1.82) is 0 Å². The first-order valence-corrected chi connectivity index (χ1v) is 7.99. The molecule has 0 saturated heterocycles. The van der Waals surface area contributed by atoms with Crippen molar-refractivity contribution in [3.8, 4) is 0 Å². The molecule has 6 heteroatoms. The summed E-state index contributed by atoms with van der Waals surface area (Å²) in [5, 5.41) is 0. The molecule has 0 aliphatic rings. The molecule has 0 amide bonds. The molecule has 0 bridgehead atoms. The van der Waals surface area contributed by atoms with Gasteiger partial charge in [-0.05, 0) is 75.4 Å². The Balaban J connectivity index is 0.00000361. The van der Waals surface area contributed by atoms with E-state index in [0.29, 0.717) is 24.4 Å². The van der Waals surface area contributed by atoms with Crippen LogP contribution in [0.25, 0.3) is 0 Å². The first-order chi connectivity index (χ1) is 8.74. The Labute approximate surface area is 128 Å². The summed E-state index contributed by atoms with van der Waals surface area (Å²) in [4.78, 5) is 0.421. The van der Waals surface area contributed by atoms with Crippen molar-refractivity contribution in [3.05, 3.63) is 27.8 Å². The third kappa shape index (κ3) is 3.73. The Hall–Kier alpha value is -0.620. The van der Waals surface area contributed by atoms with E-state index >= 15 is 0 Å². The standard InChI is InChI=1S/C14H24N2O2S.ClH/c1-9-10(2)12(4)14(13(5)11(9)3)19(17,18)16-8-6-7-15;/h16H,6-8,15H2,1-5H3;1H. The molecule has 0 aromatic heterocycles. The fraction of sp³-hybridized carbons (Fsp3) is 0.571. The number of halogens is 1. The second-order valence-corrected chi connectivity index (χ2v) is 6.70. The van der Waals surface area contributed by atoms with E-state index in [1.165, 1.54) is 0 Å². The molecule has 1 rings (SSSR count). The van der Waals surface area contributed by atoms with Crippen molar-refractivity contribution >= 4 is 22.4 Å². The molecule has 0 unspecified atom stereocenters. The smallest absolute Gasteiger partial charge is 0.241 e. The van der Waals surface area contributed by atoms with Crippen LogP contribution in [0.4, 0.5) is 0 Å². The zero-order chi connectivity index (χ0) is 14.8. The third-order valence-corrected chi connectivity index (χ3v) is 5.61. The maximum absolute atomic E-state index is 12.4. The predicted octanol–water partition coefficient (Wildman–Crippen LogP) is 2.28. The second kappa shape index (κ2) is 7.41. The van der Waals surface area contributed by atoms with Gasteiger partial charge in [-0.15, -0.1) is 12.4 Å². The highest BCUT2D eigenvalue weighted by Gasteiger charge is 2.22. The Morgan fingerprint density at radius 3 is 1.70 bits per heavy atom. The van der Waals surface area contributed by atoms with E-state index in [9.17, 15) is 8.42 Å².